The van der Waals surface area contributed by atoms with Crippen molar-refractivity contribution in [3.8, 4) is 6.07 Å². The lowest BCUT2D eigenvalue weighted by molar-refractivity contribution is -0.143. The standard InChI is InChI=1S/C33H41FN6O2/c1-3-39(19-23-8-10-27(11-9-23)32(41)42)31-16-29-7-5-4-6-28(29)15-30(31)21-40(33-36-22-38(2)37-33)20-26-13-24(17-34)12-25(14-26)18-35/h12-16,22-23,27H,3-11,17,19-21H2,1-2H3,(H,41,42)/t23-,27-. The number of anilines is 2. The van der Waals surface area contributed by atoms with Gasteiger partial charge < -0.3 is 14.9 Å². The van der Waals surface area contributed by atoms with E-state index in [0.717, 1.165) is 57.2 Å². The fraction of sp³-hybridized carbons (Fsp3) is 0.515. The molecule has 0 atom stereocenters. The number of carboxylic acids is 1. The number of nitrogens with zero attached hydrogens (tertiary/aromatic N) is 6. The van der Waals surface area contributed by atoms with Crippen molar-refractivity contribution >= 4 is 17.6 Å². The third kappa shape index (κ3) is 6.92. The van der Waals surface area contributed by atoms with Gasteiger partial charge in [-0.25, -0.2) is 9.37 Å². The summed E-state index contributed by atoms with van der Waals surface area (Å²) in [6.07, 6.45) is 9.59. The maximum atomic E-state index is 13.6. The Hall–Kier alpha value is -3.93. The highest BCUT2D eigenvalue weighted by molar-refractivity contribution is 5.70. The Morgan fingerprint density at radius 3 is 2.38 bits per heavy atom. The number of aliphatic carboxylic acids is 1. The fourth-order valence-electron chi connectivity index (χ4n) is 6.64. The fourth-order valence-corrected chi connectivity index (χ4v) is 6.64. The quantitative estimate of drug-likeness (QED) is 0.303. The van der Waals surface area contributed by atoms with Crippen molar-refractivity contribution in [1.82, 2.24) is 14.8 Å². The van der Waals surface area contributed by atoms with Gasteiger partial charge in [0.2, 0.25) is 5.95 Å². The topological polar surface area (TPSA) is 98.3 Å². The van der Waals surface area contributed by atoms with E-state index < -0.39 is 12.6 Å². The lowest BCUT2D eigenvalue weighted by atomic mass is 9.81. The van der Waals surface area contributed by atoms with Gasteiger partial charge >= 0.3 is 5.97 Å². The van der Waals surface area contributed by atoms with Gasteiger partial charge in [-0.05, 0) is 110 Å². The minimum Gasteiger partial charge on any atom is -0.481 e. The van der Waals surface area contributed by atoms with Gasteiger partial charge in [-0.15, -0.1) is 5.10 Å². The van der Waals surface area contributed by atoms with E-state index in [4.69, 9.17) is 0 Å². The molecule has 0 spiro atoms. The number of hydrogen-bond donors (Lipinski definition) is 1. The minimum absolute atomic E-state index is 0.215. The molecule has 2 aromatic carbocycles. The van der Waals surface area contributed by atoms with E-state index in [2.05, 4.69) is 45.0 Å². The number of hydrogen-bond acceptors (Lipinski definition) is 6. The molecule has 42 heavy (non-hydrogen) atoms. The van der Waals surface area contributed by atoms with E-state index in [1.807, 2.05) is 19.2 Å². The zero-order valence-corrected chi connectivity index (χ0v) is 24.7. The van der Waals surface area contributed by atoms with Crippen LogP contribution in [-0.4, -0.2) is 38.9 Å². The van der Waals surface area contributed by atoms with Crippen LogP contribution in [0.3, 0.4) is 0 Å². The summed E-state index contributed by atoms with van der Waals surface area (Å²) in [5.74, 6) is 0.165. The first-order chi connectivity index (χ1) is 20.4. The molecule has 0 radical (unpaired) electrons. The second-order valence-corrected chi connectivity index (χ2v) is 11.9. The predicted molar refractivity (Wildman–Crippen MR) is 161 cm³/mol. The lowest BCUT2D eigenvalue weighted by Gasteiger charge is -2.35. The second kappa shape index (κ2) is 13.4. The molecule has 1 aromatic heterocycles. The molecular formula is C33H41FN6O2. The van der Waals surface area contributed by atoms with E-state index in [1.54, 1.807) is 17.1 Å². The maximum absolute atomic E-state index is 13.6. The Kier molecular flexibility index (Phi) is 9.41. The smallest absolute Gasteiger partial charge is 0.306 e. The minimum atomic E-state index is -0.667. The Morgan fingerprint density at radius 1 is 1.05 bits per heavy atom. The number of nitriles is 1. The highest BCUT2D eigenvalue weighted by atomic mass is 19.1. The number of carbonyl (C=O) groups is 1. The number of rotatable bonds is 11. The monoisotopic (exact) mass is 572 g/mol. The van der Waals surface area contributed by atoms with Gasteiger partial charge in [0.1, 0.15) is 13.0 Å². The summed E-state index contributed by atoms with van der Waals surface area (Å²) in [5.41, 5.74) is 7.01. The highest BCUT2D eigenvalue weighted by Crippen LogP contribution is 2.35. The van der Waals surface area contributed by atoms with Crippen molar-refractivity contribution in [3.05, 3.63) is 70.0 Å². The van der Waals surface area contributed by atoms with Crippen LogP contribution in [0, 0.1) is 23.2 Å². The van der Waals surface area contributed by atoms with Gasteiger partial charge in [0.15, 0.2) is 0 Å². The number of alkyl halides is 1. The van der Waals surface area contributed by atoms with Crippen LogP contribution in [0.5, 0.6) is 0 Å². The van der Waals surface area contributed by atoms with E-state index in [9.17, 15) is 19.6 Å². The molecule has 0 aliphatic heterocycles. The van der Waals surface area contributed by atoms with E-state index in [1.165, 1.54) is 35.2 Å². The van der Waals surface area contributed by atoms with Crippen LogP contribution in [-0.2, 0) is 44.4 Å². The summed E-state index contributed by atoms with van der Waals surface area (Å²) in [7, 11) is 1.84. The largest absolute Gasteiger partial charge is 0.481 e. The molecule has 0 bridgehead atoms. The predicted octanol–water partition coefficient (Wildman–Crippen LogP) is 5.96. The average molecular weight is 573 g/mol. The first-order valence-corrected chi connectivity index (χ1v) is 15.2. The Balaban J connectivity index is 1.47. The van der Waals surface area contributed by atoms with Crippen LogP contribution in [0.15, 0.2) is 36.7 Å². The Bertz CT molecular complexity index is 1440. The number of aromatic nitrogens is 3. The molecule has 1 saturated carbocycles. The SMILES string of the molecule is CCN(C[C@H]1CC[C@H](C(=O)O)CC1)c1cc2c(cc1CN(Cc1cc(C#N)cc(CF)c1)c1ncn(C)n1)CCCC2. The Morgan fingerprint density at radius 2 is 1.76 bits per heavy atom. The van der Waals surface area contributed by atoms with Crippen LogP contribution in [0.25, 0.3) is 0 Å². The van der Waals surface area contributed by atoms with E-state index in [-0.39, 0.29) is 5.92 Å². The lowest BCUT2D eigenvalue weighted by Crippen LogP contribution is -2.34. The molecule has 0 amide bonds. The molecule has 8 nitrogen and oxygen atoms in total. The number of aryl methyl sites for hydroxylation is 3. The summed E-state index contributed by atoms with van der Waals surface area (Å²) in [4.78, 5) is 20.7. The highest BCUT2D eigenvalue weighted by Gasteiger charge is 2.28. The normalized spacial score (nSPS) is 18.2. The molecule has 1 N–H and O–H groups in total. The molecule has 1 fully saturated rings. The number of fused-ring (bicyclic) bond motifs is 1. The van der Waals surface area contributed by atoms with Crippen molar-refractivity contribution in [1.29, 1.82) is 5.26 Å². The molecule has 0 saturated heterocycles. The average Bonchev–Trinajstić information content (AvgIpc) is 3.45. The van der Waals surface area contributed by atoms with Crippen LogP contribution in [0.2, 0.25) is 0 Å². The van der Waals surface area contributed by atoms with Crippen LogP contribution in [0.1, 0.15) is 78.8 Å². The van der Waals surface area contributed by atoms with Gasteiger partial charge in [-0.2, -0.15) is 5.26 Å². The van der Waals surface area contributed by atoms with E-state index in [0.29, 0.717) is 36.1 Å². The van der Waals surface area contributed by atoms with E-state index >= 15 is 0 Å². The second-order valence-electron chi connectivity index (χ2n) is 11.9. The summed E-state index contributed by atoms with van der Waals surface area (Å²) in [5, 5.41) is 23.6. The zero-order valence-electron chi connectivity index (χ0n) is 24.7. The molecule has 2 aliphatic rings. The van der Waals surface area contributed by atoms with Crippen molar-refractivity contribution in [2.75, 3.05) is 22.9 Å². The summed E-state index contributed by atoms with van der Waals surface area (Å²) < 4.78 is 15.3. The molecule has 3 aromatic rings. The molecule has 9 heteroatoms. The van der Waals surface area contributed by atoms with Crippen LogP contribution < -0.4 is 9.80 Å². The van der Waals surface area contributed by atoms with Crippen LogP contribution in [0.4, 0.5) is 16.0 Å². The molecule has 5 rings (SSSR count). The number of benzene rings is 2. The van der Waals surface area contributed by atoms with Crippen molar-refractivity contribution in [3.63, 3.8) is 0 Å². The van der Waals surface area contributed by atoms with Gasteiger partial charge in [0.25, 0.3) is 0 Å². The summed E-state index contributed by atoms with van der Waals surface area (Å²) in [6.45, 7) is 4.33. The molecule has 222 valence electrons. The van der Waals surface area contributed by atoms with Gasteiger partial charge in [-0.3, -0.25) is 9.48 Å². The molecule has 2 aliphatic carbocycles. The zero-order chi connectivity index (χ0) is 29.6. The maximum Gasteiger partial charge on any atom is 0.306 e. The van der Waals surface area contributed by atoms with Crippen LogP contribution >= 0.6 is 0 Å². The first kappa shape index (κ1) is 29.6. The van der Waals surface area contributed by atoms with Crippen molar-refractivity contribution < 1.29 is 14.3 Å². The van der Waals surface area contributed by atoms with Gasteiger partial charge in [0, 0.05) is 38.9 Å². The number of halogens is 1. The first-order valence-electron chi connectivity index (χ1n) is 15.2. The summed E-state index contributed by atoms with van der Waals surface area (Å²) >= 11 is 0. The third-order valence-corrected chi connectivity index (χ3v) is 8.88. The Labute approximate surface area is 247 Å². The van der Waals surface area contributed by atoms with Gasteiger partial charge in [0.05, 0.1) is 17.6 Å². The molecule has 1 heterocycles. The van der Waals surface area contributed by atoms with Gasteiger partial charge in [-0.1, -0.05) is 12.1 Å². The number of carboxylic acid groups (broad SMARTS) is 1. The molecule has 0 unspecified atom stereocenters. The van der Waals surface area contributed by atoms with Crippen molar-refractivity contribution in [2.45, 2.75) is 78.1 Å². The molecular weight excluding hydrogens is 531 g/mol. The third-order valence-electron chi connectivity index (χ3n) is 8.88. The summed E-state index contributed by atoms with van der Waals surface area (Å²) in [6, 6.07) is 12.1. The van der Waals surface area contributed by atoms with Crippen molar-refractivity contribution in [2.24, 2.45) is 18.9 Å².